The summed E-state index contributed by atoms with van der Waals surface area (Å²) in [5.74, 6) is 0.631. The van der Waals surface area contributed by atoms with Crippen LogP contribution < -0.4 is 5.73 Å². The molecule has 1 fully saturated rings. The van der Waals surface area contributed by atoms with Gasteiger partial charge in [0, 0.05) is 18.0 Å². The zero-order valence-corrected chi connectivity index (χ0v) is 11.2. The quantitative estimate of drug-likeness (QED) is 0.643. The molecular formula is C12H19N3OS. The molecule has 0 aromatic carbocycles. The molecule has 0 spiro atoms. The maximum atomic E-state index is 5.99. The van der Waals surface area contributed by atoms with Crippen LogP contribution in [0.4, 0.5) is 0 Å². The van der Waals surface area contributed by atoms with E-state index in [1.165, 1.54) is 10.4 Å². The normalized spacial score (nSPS) is 21.9. The van der Waals surface area contributed by atoms with Crippen molar-refractivity contribution in [3.63, 3.8) is 0 Å². The first-order valence-electron chi connectivity index (χ1n) is 5.85. The topological polar surface area (TPSA) is 50.8 Å². The average Bonchev–Trinajstić information content (AvgIpc) is 2.72. The second-order valence-electron chi connectivity index (χ2n) is 4.39. The van der Waals surface area contributed by atoms with E-state index in [2.05, 4.69) is 35.2 Å². The van der Waals surface area contributed by atoms with Crippen molar-refractivity contribution in [2.45, 2.75) is 26.5 Å². The molecule has 1 aliphatic heterocycles. The maximum Gasteiger partial charge on any atom is 0.191 e. The Morgan fingerprint density at radius 1 is 1.71 bits per heavy atom. The average molecular weight is 253 g/mol. The van der Waals surface area contributed by atoms with Crippen molar-refractivity contribution < 1.29 is 4.74 Å². The van der Waals surface area contributed by atoms with Crippen LogP contribution in [0.2, 0.25) is 0 Å². The highest BCUT2D eigenvalue weighted by Gasteiger charge is 2.17. The van der Waals surface area contributed by atoms with Gasteiger partial charge in [-0.2, -0.15) is 0 Å². The van der Waals surface area contributed by atoms with E-state index in [0.717, 1.165) is 19.7 Å². The summed E-state index contributed by atoms with van der Waals surface area (Å²) < 4.78 is 5.47. The van der Waals surface area contributed by atoms with Crippen LogP contribution in [-0.2, 0) is 11.3 Å². The van der Waals surface area contributed by atoms with Gasteiger partial charge in [0.05, 0.1) is 19.3 Å². The Morgan fingerprint density at radius 2 is 2.53 bits per heavy atom. The molecule has 1 saturated heterocycles. The molecule has 1 atom stereocenters. The largest absolute Gasteiger partial charge is 0.375 e. The number of hydrogen-bond acceptors (Lipinski definition) is 3. The van der Waals surface area contributed by atoms with Gasteiger partial charge in [-0.15, -0.1) is 11.3 Å². The lowest BCUT2D eigenvalue weighted by Gasteiger charge is -2.31. The molecule has 1 aromatic rings. The lowest BCUT2D eigenvalue weighted by Crippen LogP contribution is -2.47. The molecule has 1 unspecified atom stereocenters. The third-order valence-electron chi connectivity index (χ3n) is 2.75. The van der Waals surface area contributed by atoms with Crippen LogP contribution in [0.1, 0.15) is 17.4 Å². The summed E-state index contributed by atoms with van der Waals surface area (Å²) in [6.07, 6.45) is 0.237. The van der Waals surface area contributed by atoms with Crippen LogP contribution in [0.25, 0.3) is 0 Å². The Kier molecular flexibility index (Phi) is 4.02. The molecule has 94 valence electrons. The van der Waals surface area contributed by atoms with Crippen LogP contribution in [-0.4, -0.2) is 36.7 Å². The highest BCUT2D eigenvalue weighted by atomic mass is 32.1. The number of rotatable bonds is 2. The third kappa shape index (κ3) is 3.44. The zero-order chi connectivity index (χ0) is 12.3. The van der Waals surface area contributed by atoms with Crippen LogP contribution in [0.3, 0.4) is 0 Å². The fourth-order valence-corrected chi connectivity index (χ4v) is 2.66. The monoisotopic (exact) mass is 253 g/mol. The molecule has 2 N–H and O–H groups in total. The summed E-state index contributed by atoms with van der Waals surface area (Å²) in [6, 6.07) is 2.16. The number of guanidine groups is 1. The SMILES string of the molecule is Cc1csc(CN=C(N)N2CCOC(C)C2)c1. The van der Waals surface area contributed by atoms with Gasteiger partial charge in [0.2, 0.25) is 0 Å². The van der Waals surface area contributed by atoms with Gasteiger partial charge in [0.25, 0.3) is 0 Å². The van der Waals surface area contributed by atoms with Crippen molar-refractivity contribution in [3.8, 4) is 0 Å². The summed E-state index contributed by atoms with van der Waals surface area (Å²) >= 11 is 1.73. The first-order chi connectivity index (χ1) is 8.15. The van der Waals surface area contributed by atoms with Crippen LogP contribution in [0, 0.1) is 6.92 Å². The first-order valence-corrected chi connectivity index (χ1v) is 6.73. The van der Waals surface area contributed by atoms with Crippen LogP contribution >= 0.6 is 11.3 Å². The van der Waals surface area contributed by atoms with Crippen LogP contribution in [0.5, 0.6) is 0 Å². The minimum absolute atomic E-state index is 0.237. The summed E-state index contributed by atoms with van der Waals surface area (Å²) in [6.45, 7) is 7.23. The van der Waals surface area contributed by atoms with Gasteiger partial charge in [-0.1, -0.05) is 0 Å². The van der Waals surface area contributed by atoms with E-state index in [4.69, 9.17) is 10.5 Å². The molecule has 0 radical (unpaired) electrons. The van der Waals surface area contributed by atoms with Gasteiger partial charge in [0.15, 0.2) is 5.96 Å². The molecule has 1 aliphatic rings. The standard InChI is InChI=1S/C12H19N3OS/c1-9-5-11(17-8-9)6-14-12(13)15-3-4-16-10(2)7-15/h5,8,10H,3-4,6-7H2,1-2H3,(H2,13,14). The second kappa shape index (κ2) is 5.51. The van der Waals surface area contributed by atoms with Gasteiger partial charge in [-0.05, 0) is 30.9 Å². The van der Waals surface area contributed by atoms with Gasteiger partial charge >= 0.3 is 0 Å². The predicted octanol–water partition coefficient (Wildman–Crippen LogP) is 1.59. The Hall–Kier alpha value is -1.07. The first kappa shape index (κ1) is 12.4. The molecular weight excluding hydrogens is 234 g/mol. The minimum atomic E-state index is 0.237. The third-order valence-corrected chi connectivity index (χ3v) is 3.79. The van der Waals surface area contributed by atoms with Gasteiger partial charge in [-0.3, -0.25) is 0 Å². The number of hydrogen-bond donors (Lipinski definition) is 1. The smallest absolute Gasteiger partial charge is 0.191 e. The van der Waals surface area contributed by atoms with Crippen molar-refractivity contribution in [3.05, 3.63) is 21.9 Å². The fourth-order valence-electron chi connectivity index (χ4n) is 1.86. The van der Waals surface area contributed by atoms with Gasteiger partial charge in [0.1, 0.15) is 0 Å². The van der Waals surface area contributed by atoms with Crippen LogP contribution in [0.15, 0.2) is 16.4 Å². The Labute approximate surface area is 106 Å². The number of aryl methyl sites for hydroxylation is 1. The summed E-state index contributed by atoms with van der Waals surface area (Å²) in [4.78, 5) is 7.79. The number of aliphatic imine (C=N–C) groups is 1. The zero-order valence-electron chi connectivity index (χ0n) is 10.3. The van der Waals surface area contributed by atoms with Crippen molar-refractivity contribution in [1.82, 2.24) is 4.90 Å². The molecule has 17 heavy (non-hydrogen) atoms. The molecule has 0 saturated carbocycles. The predicted molar refractivity (Wildman–Crippen MR) is 71.4 cm³/mol. The lowest BCUT2D eigenvalue weighted by atomic mass is 10.3. The van der Waals surface area contributed by atoms with Crippen molar-refractivity contribution >= 4 is 17.3 Å². The number of morpholine rings is 1. The summed E-state index contributed by atoms with van der Waals surface area (Å²) in [7, 11) is 0. The molecule has 0 amide bonds. The van der Waals surface area contributed by atoms with Crippen molar-refractivity contribution in [2.24, 2.45) is 10.7 Å². The van der Waals surface area contributed by atoms with E-state index in [-0.39, 0.29) is 6.10 Å². The Bertz CT molecular complexity index is 402. The molecule has 2 rings (SSSR count). The number of nitrogens with zero attached hydrogens (tertiary/aromatic N) is 2. The molecule has 0 bridgehead atoms. The molecule has 4 nitrogen and oxygen atoms in total. The molecule has 2 heterocycles. The summed E-state index contributed by atoms with van der Waals surface area (Å²) in [5.41, 5.74) is 7.28. The van der Waals surface area contributed by atoms with Gasteiger partial charge < -0.3 is 15.4 Å². The fraction of sp³-hybridized carbons (Fsp3) is 0.583. The Balaban J connectivity index is 1.92. The second-order valence-corrected chi connectivity index (χ2v) is 5.39. The van der Waals surface area contributed by atoms with E-state index in [9.17, 15) is 0 Å². The number of thiophene rings is 1. The van der Waals surface area contributed by atoms with E-state index in [0.29, 0.717) is 12.5 Å². The van der Waals surface area contributed by atoms with Crippen molar-refractivity contribution in [1.29, 1.82) is 0 Å². The molecule has 1 aromatic heterocycles. The summed E-state index contributed by atoms with van der Waals surface area (Å²) in [5, 5.41) is 2.14. The highest BCUT2D eigenvalue weighted by molar-refractivity contribution is 7.10. The van der Waals surface area contributed by atoms with E-state index in [1.54, 1.807) is 11.3 Å². The number of nitrogens with two attached hydrogens (primary N) is 1. The highest BCUT2D eigenvalue weighted by Crippen LogP contribution is 2.14. The maximum absolute atomic E-state index is 5.99. The van der Waals surface area contributed by atoms with Crippen molar-refractivity contribution in [2.75, 3.05) is 19.7 Å². The minimum Gasteiger partial charge on any atom is -0.375 e. The lowest BCUT2D eigenvalue weighted by molar-refractivity contribution is 0.00529. The molecule has 5 heteroatoms. The number of ether oxygens (including phenoxy) is 1. The van der Waals surface area contributed by atoms with E-state index in [1.807, 2.05) is 0 Å². The van der Waals surface area contributed by atoms with E-state index < -0.39 is 0 Å². The van der Waals surface area contributed by atoms with E-state index >= 15 is 0 Å². The Morgan fingerprint density at radius 3 is 3.18 bits per heavy atom. The molecule has 0 aliphatic carbocycles. The van der Waals surface area contributed by atoms with Gasteiger partial charge in [-0.25, -0.2) is 4.99 Å².